The smallest absolute Gasteiger partial charge is 0.310 e. The molecule has 5 rings (SSSR count). The zero-order valence-electron chi connectivity index (χ0n) is 19.0. The molecule has 0 aliphatic carbocycles. The van der Waals surface area contributed by atoms with Crippen LogP contribution in [-0.2, 0) is 23.9 Å². The molecular weight excluding hydrogens is 474 g/mol. The SMILES string of the molecule is O=C1CC(NC(=O)[C@@H]2COC[C@@H]3CCCC[C@H](NC(=O)c4cc5ccccc5s4)C(=O)N32)C(O)O1. The minimum Gasteiger partial charge on any atom is -0.434 e. The van der Waals surface area contributed by atoms with E-state index in [-0.39, 0.29) is 30.9 Å². The van der Waals surface area contributed by atoms with Crippen molar-refractivity contribution in [3.8, 4) is 0 Å². The van der Waals surface area contributed by atoms with Crippen molar-refractivity contribution in [2.24, 2.45) is 0 Å². The summed E-state index contributed by atoms with van der Waals surface area (Å²) in [5, 5.41) is 16.3. The number of cyclic esters (lactones) is 1. The Balaban J connectivity index is 1.33. The van der Waals surface area contributed by atoms with Crippen molar-refractivity contribution >= 4 is 45.1 Å². The number of nitrogens with one attached hydrogen (secondary N) is 2. The lowest BCUT2D eigenvalue weighted by molar-refractivity contribution is -0.160. The Kier molecular flexibility index (Phi) is 6.72. The van der Waals surface area contributed by atoms with Crippen LogP contribution in [0.1, 0.15) is 41.8 Å². The van der Waals surface area contributed by atoms with Gasteiger partial charge in [-0.25, -0.2) is 0 Å². The van der Waals surface area contributed by atoms with Crippen LogP contribution in [0.4, 0.5) is 0 Å². The van der Waals surface area contributed by atoms with Gasteiger partial charge in [-0.15, -0.1) is 11.3 Å². The molecule has 3 aliphatic heterocycles. The second-order valence-corrected chi connectivity index (χ2v) is 10.2. The molecule has 3 amide bonds. The number of hydrogen-bond donors (Lipinski definition) is 3. The number of carbonyl (C=O) groups excluding carboxylic acids is 4. The summed E-state index contributed by atoms with van der Waals surface area (Å²) in [5.74, 6) is -1.78. The van der Waals surface area contributed by atoms with E-state index in [9.17, 15) is 24.3 Å². The van der Waals surface area contributed by atoms with E-state index in [1.54, 1.807) is 0 Å². The van der Waals surface area contributed by atoms with E-state index in [2.05, 4.69) is 10.6 Å². The second-order valence-electron chi connectivity index (χ2n) is 9.11. The van der Waals surface area contributed by atoms with Gasteiger partial charge in [-0.2, -0.15) is 0 Å². The van der Waals surface area contributed by atoms with E-state index in [0.29, 0.717) is 24.3 Å². The number of thiophene rings is 1. The Morgan fingerprint density at radius 2 is 1.89 bits per heavy atom. The van der Waals surface area contributed by atoms with E-state index >= 15 is 0 Å². The van der Waals surface area contributed by atoms with Crippen molar-refractivity contribution in [2.75, 3.05) is 13.2 Å². The van der Waals surface area contributed by atoms with Crippen molar-refractivity contribution in [3.05, 3.63) is 35.2 Å². The largest absolute Gasteiger partial charge is 0.434 e. The van der Waals surface area contributed by atoms with Gasteiger partial charge in [0.2, 0.25) is 18.1 Å². The number of carbonyl (C=O) groups is 4. The number of aliphatic hydroxyl groups excluding tert-OH is 1. The zero-order chi connectivity index (χ0) is 24.5. The van der Waals surface area contributed by atoms with Gasteiger partial charge < -0.3 is 30.1 Å². The molecule has 10 nitrogen and oxygen atoms in total. The molecule has 3 N–H and O–H groups in total. The van der Waals surface area contributed by atoms with Crippen LogP contribution in [0.2, 0.25) is 0 Å². The van der Waals surface area contributed by atoms with Crippen molar-refractivity contribution in [3.63, 3.8) is 0 Å². The van der Waals surface area contributed by atoms with Gasteiger partial charge in [0.25, 0.3) is 5.91 Å². The number of morpholine rings is 1. The Bertz CT molecular complexity index is 1120. The molecule has 0 radical (unpaired) electrons. The highest BCUT2D eigenvalue weighted by molar-refractivity contribution is 7.20. The summed E-state index contributed by atoms with van der Waals surface area (Å²) in [7, 11) is 0. The normalized spacial score (nSPS) is 29.2. The fourth-order valence-electron chi connectivity index (χ4n) is 4.92. The van der Waals surface area contributed by atoms with Crippen LogP contribution in [0, 0.1) is 0 Å². The van der Waals surface area contributed by atoms with Gasteiger partial charge in [-0.05, 0) is 30.4 Å². The predicted molar refractivity (Wildman–Crippen MR) is 125 cm³/mol. The quantitative estimate of drug-likeness (QED) is 0.531. The summed E-state index contributed by atoms with van der Waals surface area (Å²) in [6.07, 6.45) is 1.16. The Morgan fingerprint density at radius 1 is 1.09 bits per heavy atom. The monoisotopic (exact) mass is 501 g/mol. The van der Waals surface area contributed by atoms with E-state index in [1.165, 1.54) is 16.2 Å². The maximum absolute atomic E-state index is 13.7. The molecule has 3 saturated heterocycles. The minimum atomic E-state index is -1.43. The third-order valence-corrected chi connectivity index (χ3v) is 7.83. The first-order valence-corrected chi connectivity index (χ1v) is 12.6. The number of esters is 1. The highest BCUT2D eigenvalue weighted by Crippen LogP contribution is 2.27. The van der Waals surface area contributed by atoms with E-state index < -0.39 is 36.3 Å². The molecule has 35 heavy (non-hydrogen) atoms. The minimum absolute atomic E-state index is 0.0112. The third kappa shape index (κ3) is 4.89. The maximum atomic E-state index is 13.7. The molecule has 1 aromatic heterocycles. The fourth-order valence-corrected chi connectivity index (χ4v) is 5.89. The Morgan fingerprint density at radius 3 is 2.66 bits per heavy atom. The highest BCUT2D eigenvalue weighted by atomic mass is 32.1. The highest BCUT2D eigenvalue weighted by Gasteiger charge is 2.44. The van der Waals surface area contributed by atoms with E-state index in [0.717, 1.165) is 22.9 Å². The predicted octanol–water partition coefficient (Wildman–Crippen LogP) is 0.920. The Labute approximate surface area is 205 Å². The lowest BCUT2D eigenvalue weighted by atomic mass is 9.95. The number of nitrogens with zero attached hydrogens (tertiary/aromatic N) is 1. The molecule has 3 aliphatic rings. The third-order valence-electron chi connectivity index (χ3n) is 6.72. The van der Waals surface area contributed by atoms with Gasteiger partial charge in [0.05, 0.1) is 30.6 Å². The molecule has 1 aromatic carbocycles. The number of hydrogen-bond acceptors (Lipinski definition) is 8. The number of rotatable bonds is 4. The van der Waals surface area contributed by atoms with Gasteiger partial charge in [-0.3, -0.25) is 19.2 Å². The number of amides is 3. The summed E-state index contributed by atoms with van der Waals surface area (Å²) in [4.78, 5) is 53.3. The number of fused-ring (bicyclic) bond motifs is 2. The fraction of sp³-hybridized carbons (Fsp3) is 0.500. The first-order valence-electron chi connectivity index (χ1n) is 11.8. The molecule has 0 spiro atoms. The van der Waals surface area contributed by atoms with Gasteiger partial charge in [-0.1, -0.05) is 31.0 Å². The van der Waals surface area contributed by atoms with Gasteiger partial charge in [0.1, 0.15) is 18.1 Å². The van der Waals surface area contributed by atoms with Crippen molar-refractivity contribution in [2.45, 2.75) is 62.6 Å². The molecule has 2 aromatic rings. The number of ether oxygens (including phenoxy) is 2. The lowest BCUT2D eigenvalue weighted by Crippen LogP contribution is -2.65. The van der Waals surface area contributed by atoms with Crippen LogP contribution in [0.5, 0.6) is 0 Å². The van der Waals surface area contributed by atoms with Crippen LogP contribution in [0.25, 0.3) is 10.1 Å². The molecule has 11 heteroatoms. The van der Waals surface area contributed by atoms with Crippen molar-refractivity contribution in [1.29, 1.82) is 0 Å². The molecule has 3 fully saturated rings. The molecule has 186 valence electrons. The maximum Gasteiger partial charge on any atom is 0.310 e. The zero-order valence-corrected chi connectivity index (χ0v) is 19.8. The first kappa shape index (κ1) is 23.7. The van der Waals surface area contributed by atoms with Crippen molar-refractivity contribution < 1.29 is 33.8 Å². The Hall–Kier alpha value is -3.02. The first-order chi connectivity index (χ1) is 16.9. The molecule has 0 bridgehead atoms. The molecule has 0 saturated carbocycles. The van der Waals surface area contributed by atoms with Crippen LogP contribution >= 0.6 is 11.3 Å². The summed E-state index contributed by atoms with van der Waals surface area (Å²) in [6, 6.07) is 6.61. The van der Waals surface area contributed by atoms with Crippen LogP contribution in [-0.4, -0.2) is 77.4 Å². The molecule has 2 unspecified atom stereocenters. The van der Waals surface area contributed by atoms with Crippen molar-refractivity contribution in [1.82, 2.24) is 15.5 Å². The second kappa shape index (κ2) is 9.92. The van der Waals surface area contributed by atoms with Crippen LogP contribution in [0.3, 0.4) is 0 Å². The summed E-state index contributed by atoms with van der Waals surface area (Å²) >= 11 is 1.37. The van der Waals surface area contributed by atoms with Crippen LogP contribution < -0.4 is 10.6 Å². The van der Waals surface area contributed by atoms with E-state index in [4.69, 9.17) is 9.47 Å². The van der Waals surface area contributed by atoms with E-state index in [1.807, 2.05) is 30.3 Å². The number of benzene rings is 1. The topological polar surface area (TPSA) is 134 Å². The van der Waals surface area contributed by atoms with Crippen LogP contribution in [0.15, 0.2) is 30.3 Å². The van der Waals surface area contributed by atoms with Gasteiger partial charge in [0, 0.05) is 4.70 Å². The molecule has 5 atom stereocenters. The number of aliphatic hydroxyl groups is 1. The molecular formula is C24H27N3O7S. The average Bonchev–Trinajstić information content (AvgIpc) is 3.41. The van der Waals surface area contributed by atoms with Gasteiger partial charge >= 0.3 is 5.97 Å². The summed E-state index contributed by atoms with van der Waals surface area (Å²) < 4.78 is 11.3. The summed E-state index contributed by atoms with van der Waals surface area (Å²) in [6.45, 7) is 0.294. The summed E-state index contributed by atoms with van der Waals surface area (Å²) in [5.41, 5.74) is 0. The molecule has 4 heterocycles. The standard InChI is InChI=1S/C24H27N3O7S/c28-20-10-16(24(32)34-20)26-21(29)17-12-33-11-14-6-2-3-7-15(23(31)27(14)17)25-22(30)19-9-13-5-1-4-8-18(13)35-19/h1,4-5,8-9,14-17,24,32H,2-3,6-7,10-12H2,(H,25,30)(H,26,29)/t14-,15-,16?,17-,24?/m0/s1. The lowest BCUT2D eigenvalue weighted by Gasteiger charge is -2.44. The van der Waals surface area contributed by atoms with Gasteiger partial charge in [0.15, 0.2) is 0 Å². The average molecular weight is 502 g/mol.